The number of alkyl halides is 3. The lowest BCUT2D eigenvalue weighted by Gasteiger charge is -2.37. The number of halogens is 5. The number of hydrogen-bond donors (Lipinski definition) is 0. The first-order valence-corrected chi connectivity index (χ1v) is 9.89. The number of allylic oxidation sites excluding steroid dienone is 1. The molecule has 2 heterocycles. The number of aryl methyl sites for hydroxylation is 1. The van der Waals surface area contributed by atoms with Gasteiger partial charge in [-0.1, -0.05) is 6.58 Å². The topological polar surface area (TPSA) is 72.0 Å². The minimum absolute atomic E-state index is 0.0225. The normalized spacial score (nSPS) is 13.6. The van der Waals surface area contributed by atoms with E-state index < -0.39 is 54.1 Å². The first kappa shape index (κ1) is 24.9. The standard InChI is InChI=1S/C22H20F5N3O4/c1-4-14(31)6-5-13-7-15-12(9-28-13)10-29(21(32)30(15)11-22(25,26)27)20-18(23)16(33-2)8-17(34-3)19(20)24/h4,7-9H,1,5-6,10-11H2,2-3H3. The third-order valence-electron chi connectivity index (χ3n) is 5.11. The van der Waals surface area contributed by atoms with Gasteiger partial charge in [0, 0.05) is 29.9 Å². The number of urea groups is 1. The van der Waals surface area contributed by atoms with Crippen LogP contribution in [0.25, 0.3) is 0 Å². The number of rotatable bonds is 8. The van der Waals surface area contributed by atoms with E-state index in [-0.39, 0.29) is 35.6 Å². The third kappa shape index (κ3) is 4.95. The second kappa shape index (κ2) is 9.65. The Morgan fingerprint density at radius 1 is 1.18 bits per heavy atom. The minimum atomic E-state index is -4.82. The molecular formula is C22H20F5N3O4. The quantitative estimate of drug-likeness (QED) is 0.405. The highest BCUT2D eigenvalue weighted by atomic mass is 19.4. The molecule has 0 unspecified atom stereocenters. The molecule has 0 spiro atoms. The van der Waals surface area contributed by atoms with Gasteiger partial charge in [-0.25, -0.2) is 13.6 Å². The fraction of sp³-hybridized carbons (Fsp3) is 0.318. The molecule has 1 aromatic carbocycles. The van der Waals surface area contributed by atoms with E-state index in [1.165, 1.54) is 12.3 Å². The Bertz CT molecular complexity index is 1110. The van der Waals surface area contributed by atoms with Gasteiger partial charge in [0.2, 0.25) is 0 Å². The van der Waals surface area contributed by atoms with Crippen LogP contribution in [0.15, 0.2) is 31.0 Å². The molecule has 0 atom stereocenters. The molecule has 2 amide bonds. The second-order valence-electron chi connectivity index (χ2n) is 7.30. The van der Waals surface area contributed by atoms with Crippen molar-refractivity contribution in [2.24, 2.45) is 0 Å². The number of ether oxygens (including phenoxy) is 2. The van der Waals surface area contributed by atoms with Crippen molar-refractivity contribution in [3.63, 3.8) is 0 Å². The molecule has 0 saturated carbocycles. The Morgan fingerprint density at radius 2 is 1.79 bits per heavy atom. The molecule has 7 nitrogen and oxygen atoms in total. The largest absolute Gasteiger partial charge is 0.493 e. The highest BCUT2D eigenvalue weighted by molar-refractivity contribution is 6.06. The van der Waals surface area contributed by atoms with Crippen molar-refractivity contribution in [1.29, 1.82) is 0 Å². The van der Waals surface area contributed by atoms with Crippen LogP contribution < -0.4 is 19.3 Å². The average Bonchev–Trinajstić information content (AvgIpc) is 2.79. The van der Waals surface area contributed by atoms with E-state index >= 15 is 8.78 Å². The first-order valence-electron chi connectivity index (χ1n) is 9.89. The van der Waals surface area contributed by atoms with Gasteiger partial charge in [0.1, 0.15) is 12.2 Å². The van der Waals surface area contributed by atoms with Crippen molar-refractivity contribution < 1.29 is 41.0 Å². The average molecular weight is 485 g/mol. The minimum Gasteiger partial charge on any atom is -0.493 e. The molecule has 1 aliphatic rings. The van der Waals surface area contributed by atoms with E-state index in [2.05, 4.69) is 11.6 Å². The highest BCUT2D eigenvalue weighted by Gasteiger charge is 2.42. The van der Waals surface area contributed by atoms with Gasteiger partial charge in [0.25, 0.3) is 0 Å². The maximum absolute atomic E-state index is 15.0. The number of fused-ring (bicyclic) bond motifs is 1. The molecule has 2 aromatic rings. The molecule has 0 N–H and O–H groups in total. The molecule has 0 saturated heterocycles. The van der Waals surface area contributed by atoms with Gasteiger partial charge in [0.05, 0.1) is 26.5 Å². The lowest BCUT2D eigenvalue weighted by atomic mass is 10.1. The number of benzene rings is 1. The summed E-state index contributed by atoms with van der Waals surface area (Å²) in [6.07, 6.45) is -2.37. The first-order chi connectivity index (χ1) is 16.0. The molecule has 12 heteroatoms. The van der Waals surface area contributed by atoms with Gasteiger partial charge in [-0.15, -0.1) is 0 Å². The van der Waals surface area contributed by atoms with Crippen molar-refractivity contribution in [2.45, 2.75) is 25.6 Å². The highest BCUT2D eigenvalue weighted by Crippen LogP contribution is 2.41. The smallest absolute Gasteiger partial charge is 0.406 e. The van der Waals surface area contributed by atoms with E-state index in [1.807, 2.05) is 0 Å². The molecule has 0 fully saturated rings. The Hall–Kier alpha value is -3.70. The summed E-state index contributed by atoms with van der Waals surface area (Å²) in [5, 5.41) is 0. The Morgan fingerprint density at radius 3 is 2.32 bits per heavy atom. The molecule has 0 radical (unpaired) electrons. The van der Waals surface area contributed by atoms with Crippen molar-refractivity contribution in [3.8, 4) is 11.5 Å². The summed E-state index contributed by atoms with van der Waals surface area (Å²) in [5.74, 6) is -3.77. The van der Waals surface area contributed by atoms with Gasteiger partial charge in [-0.3, -0.25) is 19.6 Å². The van der Waals surface area contributed by atoms with Crippen LogP contribution >= 0.6 is 0 Å². The van der Waals surface area contributed by atoms with E-state index in [0.717, 1.165) is 26.4 Å². The summed E-state index contributed by atoms with van der Waals surface area (Å²) in [4.78, 5) is 29.7. The third-order valence-corrected chi connectivity index (χ3v) is 5.11. The molecule has 0 aliphatic carbocycles. The number of carbonyl (C=O) groups excluding carboxylic acids is 2. The summed E-state index contributed by atoms with van der Waals surface area (Å²) in [6.45, 7) is 1.17. The van der Waals surface area contributed by atoms with Crippen molar-refractivity contribution in [3.05, 3.63) is 53.9 Å². The molecule has 0 bridgehead atoms. The van der Waals surface area contributed by atoms with Crippen molar-refractivity contribution >= 4 is 23.2 Å². The zero-order chi connectivity index (χ0) is 25.2. The van der Waals surface area contributed by atoms with Crippen LogP contribution in [-0.2, 0) is 17.8 Å². The lowest BCUT2D eigenvalue weighted by Crippen LogP contribution is -2.51. The van der Waals surface area contributed by atoms with Crippen LogP contribution in [0.4, 0.5) is 38.1 Å². The monoisotopic (exact) mass is 485 g/mol. The molecule has 3 rings (SSSR count). The van der Waals surface area contributed by atoms with E-state index in [4.69, 9.17) is 9.47 Å². The molecular weight excluding hydrogens is 465 g/mol. The van der Waals surface area contributed by atoms with Crippen LogP contribution in [0.2, 0.25) is 0 Å². The number of aromatic nitrogens is 1. The van der Waals surface area contributed by atoms with Gasteiger partial charge >= 0.3 is 12.2 Å². The predicted molar refractivity (Wildman–Crippen MR) is 112 cm³/mol. The zero-order valence-corrected chi connectivity index (χ0v) is 18.2. The van der Waals surface area contributed by atoms with Gasteiger partial charge in [-0.05, 0) is 18.6 Å². The summed E-state index contributed by atoms with van der Waals surface area (Å²) in [6, 6.07) is 0.866. The lowest BCUT2D eigenvalue weighted by molar-refractivity contribution is -0.118. The zero-order valence-electron chi connectivity index (χ0n) is 18.2. The van der Waals surface area contributed by atoms with Crippen LogP contribution in [0.1, 0.15) is 17.7 Å². The fourth-order valence-electron chi connectivity index (χ4n) is 3.48. The number of hydrogen-bond acceptors (Lipinski definition) is 5. The maximum atomic E-state index is 15.0. The van der Waals surface area contributed by atoms with Crippen LogP contribution in [0.5, 0.6) is 11.5 Å². The van der Waals surface area contributed by atoms with E-state index in [9.17, 15) is 22.8 Å². The predicted octanol–water partition coefficient (Wildman–Crippen LogP) is 4.57. The number of nitrogens with zero attached hydrogens (tertiary/aromatic N) is 3. The second-order valence-corrected chi connectivity index (χ2v) is 7.30. The van der Waals surface area contributed by atoms with Crippen LogP contribution in [0, 0.1) is 11.6 Å². The van der Waals surface area contributed by atoms with Crippen molar-refractivity contribution in [2.75, 3.05) is 30.6 Å². The summed E-state index contributed by atoms with van der Waals surface area (Å²) in [5.41, 5.74) is -0.656. The van der Waals surface area contributed by atoms with E-state index in [0.29, 0.717) is 9.80 Å². The summed E-state index contributed by atoms with van der Waals surface area (Å²) in [7, 11) is 2.21. The number of pyridine rings is 1. The molecule has 1 aromatic heterocycles. The Balaban J connectivity index is 2.12. The SMILES string of the molecule is C=CC(=O)CCc1cc2c(cn1)CN(c1c(F)c(OC)cc(OC)c1F)C(=O)N2CC(F)(F)F. The maximum Gasteiger partial charge on any atom is 0.406 e. The fourth-order valence-corrected chi connectivity index (χ4v) is 3.48. The van der Waals surface area contributed by atoms with Gasteiger partial charge < -0.3 is 9.47 Å². The summed E-state index contributed by atoms with van der Waals surface area (Å²) >= 11 is 0. The number of amides is 2. The van der Waals surface area contributed by atoms with Crippen molar-refractivity contribution in [1.82, 2.24) is 4.98 Å². The van der Waals surface area contributed by atoms with Crippen LogP contribution in [0.3, 0.4) is 0 Å². The number of carbonyl (C=O) groups is 2. The Kier molecular flexibility index (Phi) is 7.08. The number of methoxy groups -OCH3 is 2. The molecule has 34 heavy (non-hydrogen) atoms. The summed E-state index contributed by atoms with van der Waals surface area (Å²) < 4.78 is 79.8. The molecule has 182 valence electrons. The van der Waals surface area contributed by atoms with E-state index in [1.54, 1.807) is 0 Å². The molecule has 1 aliphatic heterocycles. The Labute approximate surface area is 191 Å². The number of anilines is 2. The van der Waals surface area contributed by atoms with Gasteiger partial charge in [0.15, 0.2) is 28.9 Å². The number of ketones is 1. The van der Waals surface area contributed by atoms with Gasteiger partial charge in [-0.2, -0.15) is 13.2 Å². The van der Waals surface area contributed by atoms with Crippen LogP contribution in [-0.4, -0.2) is 43.7 Å².